The Labute approximate surface area is 122 Å². The van der Waals surface area contributed by atoms with E-state index in [1.165, 1.54) is 0 Å². The van der Waals surface area contributed by atoms with Crippen molar-refractivity contribution < 1.29 is 4.74 Å². The fraction of sp³-hybridized carbons (Fsp3) is 0.0625. The van der Waals surface area contributed by atoms with Gasteiger partial charge in [-0.2, -0.15) is 4.98 Å². The summed E-state index contributed by atoms with van der Waals surface area (Å²) >= 11 is 0. The second-order valence-corrected chi connectivity index (χ2v) is 4.32. The number of aromatic nitrogens is 3. The van der Waals surface area contributed by atoms with Crippen LogP contribution in [-0.4, -0.2) is 22.0 Å². The molecule has 0 bridgehead atoms. The molecule has 0 saturated heterocycles. The van der Waals surface area contributed by atoms with E-state index in [-0.39, 0.29) is 0 Å². The smallest absolute Gasteiger partial charge is 0.225 e. The van der Waals surface area contributed by atoms with E-state index in [2.05, 4.69) is 20.3 Å². The van der Waals surface area contributed by atoms with E-state index in [0.29, 0.717) is 23.3 Å². The Balaban J connectivity index is 1.98. The van der Waals surface area contributed by atoms with E-state index in [9.17, 15) is 0 Å². The molecule has 0 amide bonds. The molecule has 21 heavy (non-hydrogen) atoms. The first-order valence-electron chi connectivity index (χ1n) is 6.55. The van der Waals surface area contributed by atoms with Crippen molar-refractivity contribution in [1.29, 1.82) is 0 Å². The van der Waals surface area contributed by atoms with Crippen molar-refractivity contribution in [2.75, 3.05) is 12.4 Å². The highest BCUT2D eigenvalue weighted by Gasteiger charge is 2.07. The van der Waals surface area contributed by atoms with Crippen LogP contribution in [0.3, 0.4) is 0 Å². The summed E-state index contributed by atoms with van der Waals surface area (Å²) in [5.74, 6) is 2.42. The first-order valence-corrected chi connectivity index (χ1v) is 6.55. The van der Waals surface area contributed by atoms with Gasteiger partial charge in [0.1, 0.15) is 11.6 Å². The van der Waals surface area contributed by atoms with Gasteiger partial charge in [0.15, 0.2) is 5.82 Å². The molecule has 3 rings (SSSR count). The van der Waals surface area contributed by atoms with E-state index in [1.54, 1.807) is 18.5 Å². The highest BCUT2D eigenvalue weighted by Crippen LogP contribution is 2.24. The summed E-state index contributed by atoms with van der Waals surface area (Å²) in [6, 6.07) is 15.2. The molecule has 0 aliphatic heterocycles. The number of benzene rings is 1. The lowest BCUT2D eigenvalue weighted by Crippen LogP contribution is -1.99. The molecule has 3 aromatic rings. The lowest BCUT2D eigenvalue weighted by molar-refractivity contribution is 0.460. The monoisotopic (exact) mass is 278 g/mol. The van der Waals surface area contributed by atoms with E-state index < -0.39 is 0 Å². The van der Waals surface area contributed by atoms with Crippen molar-refractivity contribution in [2.45, 2.75) is 0 Å². The topological polar surface area (TPSA) is 59.9 Å². The van der Waals surface area contributed by atoms with Crippen LogP contribution in [0.2, 0.25) is 0 Å². The number of anilines is 1. The molecular formula is C16H14N4O. The predicted molar refractivity (Wildman–Crippen MR) is 81.3 cm³/mol. The third-order valence-corrected chi connectivity index (χ3v) is 2.85. The number of pyridine rings is 1. The van der Waals surface area contributed by atoms with Crippen LogP contribution in [0.5, 0.6) is 11.6 Å². The predicted octanol–water partition coefficient (Wildman–Crippen LogP) is 3.37. The van der Waals surface area contributed by atoms with Gasteiger partial charge in [0.05, 0.1) is 6.20 Å². The molecular weight excluding hydrogens is 264 g/mol. The van der Waals surface area contributed by atoms with Crippen molar-refractivity contribution in [1.82, 2.24) is 15.0 Å². The molecule has 5 heteroatoms. The van der Waals surface area contributed by atoms with Crippen molar-refractivity contribution in [3.8, 4) is 23.0 Å². The molecule has 0 radical (unpaired) electrons. The minimum absolute atomic E-state index is 0.473. The van der Waals surface area contributed by atoms with Crippen LogP contribution < -0.4 is 10.1 Å². The Bertz CT molecular complexity index is 717. The van der Waals surface area contributed by atoms with E-state index >= 15 is 0 Å². The second kappa shape index (κ2) is 6.00. The Hall–Kier alpha value is -2.95. The summed E-state index contributed by atoms with van der Waals surface area (Å²) < 4.78 is 5.73. The Morgan fingerprint density at radius 2 is 1.86 bits per heavy atom. The largest absolute Gasteiger partial charge is 0.437 e. The summed E-state index contributed by atoms with van der Waals surface area (Å²) in [4.78, 5) is 12.9. The fourth-order valence-corrected chi connectivity index (χ4v) is 1.85. The van der Waals surface area contributed by atoms with E-state index in [4.69, 9.17) is 4.74 Å². The molecule has 0 fully saturated rings. The SMILES string of the molecule is CNc1cc(Oc2cccnc2)nc(-c2ccccc2)n1. The quantitative estimate of drug-likeness (QED) is 0.792. The maximum atomic E-state index is 5.73. The molecule has 1 N–H and O–H groups in total. The van der Waals surface area contributed by atoms with Crippen molar-refractivity contribution in [3.63, 3.8) is 0 Å². The van der Waals surface area contributed by atoms with Gasteiger partial charge in [-0.3, -0.25) is 4.98 Å². The first-order chi connectivity index (χ1) is 10.3. The van der Waals surface area contributed by atoms with Crippen LogP contribution in [0.15, 0.2) is 60.9 Å². The molecule has 104 valence electrons. The molecule has 0 aliphatic carbocycles. The first kappa shape index (κ1) is 13.1. The number of hydrogen-bond acceptors (Lipinski definition) is 5. The number of hydrogen-bond donors (Lipinski definition) is 1. The van der Waals surface area contributed by atoms with Gasteiger partial charge in [0.2, 0.25) is 5.88 Å². The Kier molecular flexibility index (Phi) is 3.73. The van der Waals surface area contributed by atoms with Gasteiger partial charge in [-0.15, -0.1) is 0 Å². The van der Waals surface area contributed by atoms with Crippen molar-refractivity contribution >= 4 is 5.82 Å². The molecule has 0 saturated carbocycles. The van der Waals surface area contributed by atoms with Gasteiger partial charge in [0.25, 0.3) is 0 Å². The molecule has 5 nitrogen and oxygen atoms in total. The molecule has 0 aliphatic rings. The summed E-state index contributed by atoms with van der Waals surface area (Å²) in [5, 5.41) is 3.02. The minimum Gasteiger partial charge on any atom is -0.437 e. The minimum atomic E-state index is 0.473. The van der Waals surface area contributed by atoms with Crippen LogP contribution in [0.4, 0.5) is 5.82 Å². The van der Waals surface area contributed by atoms with Crippen LogP contribution in [0.25, 0.3) is 11.4 Å². The van der Waals surface area contributed by atoms with Gasteiger partial charge in [-0.1, -0.05) is 30.3 Å². The zero-order valence-electron chi connectivity index (χ0n) is 11.5. The number of nitrogens with one attached hydrogen (secondary N) is 1. The molecule has 0 spiro atoms. The summed E-state index contributed by atoms with van der Waals surface area (Å²) in [7, 11) is 1.81. The van der Waals surface area contributed by atoms with Gasteiger partial charge in [0, 0.05) is 24.9 Å². The van der Waals surface area contributed by atoms with Crippen LogP contribution in [0.1, 0.15) is 0 Å². The van der Waals surface area contributed by atoms with E-state index in [0.717, 1.165) is 5.56 Å². The zero-order valence-corrected chi connectivity index (χ0v) is 11.5. The highest BCUT2D eigenvalue weighted by atomic mass is 16.5. The van der Waals surface area contributed by atoms with E-state index in [1.807, 2.05) is 49.5 Å². The molecule has 2 heterocycles. The second-order valence-electron chi connectivity index (χ2n) is 4.32. The van der Waals surface area contributed by atoms with Crippen LogP contribution in [-0.2, 0) is 0 Å². The summed E-state index contributed by atoms with van der Waals surface area (Å²) in [6.07, 6.45) is 3.34. The normalized spacial score (nSPS) is 10.1. The standard InChI is InChI=1S/C16H14N4O/c1-17-14-10-15(21-13-8-5-9-18-11-13)20-16(19-14)12-6-3-2-4-7-12/h2-11H,1H3,(H,17,19,20). The lowest BCUT2D eigenvalue weighted by Gasteiger charge is -2.08. The highest BCUT2D eigenvalue weighted by molar-refractivity contribution is 5.58. The number of nitrogens with zero attached hydrogens (tertiary/aromatic N) is 3. The fourth-order valence-electron chi connectivity index (χ4n) is 1.85. The summed E-state index contributed by atoms with van der Waals surface area (Å²) in [6.45, 7) is 0. The average molecular weight is 278 g/mol. The van der Waals surface area contributed by atoms with Crippen LogP contribution in [0, 0.1) is 0 Å². The lowest BCUT2D eigenvalue weighted by atomic mass is 10.2. The third kappa shape index (κ3) is 3.14. The van der Waals surface area contributed by atoms with Gasteiger partial charge < -0.3 is 10.1 Å². The maximum absolute atomic E-state index is 5.73. The Morgan fingerprint density at radius 1 is 1.00 bits per heavy atom. The van der Waals surface area contributed by atoms with Crippen molar-refractivity contribution in [3.05, 3.63) is 60.9 Å². The van der Waals surface area contributed by atoms with Crippen LogP contribution >= 0.6 is 0 Å². The van der Waals surface area contributed by atoms with Gasteiger partial charge >= 0.3 is 0 Å². The molecule has 2 aromatic heterocycles. The maximum Gasteiger partial charge on any atom is 0.225 e. The average Bonchev–Trinajstić information content (AvgIpc) is 2.56. The number of ether oxygens (including phenoxy) is 1. The zero-order chi connectivity index (χ0) is 14.5. The Morgan fingerprint density at radius 3 is 2.57 bits per heavy atom. The third-order valence-electron chi connectivity index (χ3n) is 2.85. The number of rotatable bonds is 4. The molecule has 0 atom stereocenters. The molecule has 1 aromatic carbocycles. The van der Waals surface area contributed by atoms with Crippen molar-refractivity contribution in [2.24, 2.45) is 0 Å². The summed E-state index contributed by atoms with van der Waals surface area (Å²) in [5.41, 5.74) is 0.936. The molecule has 0 unspecified atom stereocenters. The van der Waals surface area contributed by atoms with Gasteiger partial charge in [-0.05, 0) is 12.1 Å². The van der Waals surface area contributed by atoms with Gasteiger partial charge in [-0.25, -0.2) is 4.98 Å².